The van der Waals surface area contributed by atoms with Gasteiger partial charge in [-0.25, -0.2) is 4.98 Å². The van der Waals surface area contributed by atoms with Crippen molar-refractivity contribution in [1.29, 1.82) is 0 Å². The molecule has 66 valence electrons. The second-order valence-electron chi connectivity index (χ2n) is 2.46. The summed E-state index contributed by atoms with van der Waals surface area (Å²) >= 11 is 3.24. The molecule has 0 aliphatic carbocycles. The third-order valence-corrected chi connectivity index (χ3v) is 1.96. The van der Waals surface area contributed by atoms with E-state index in [1.54, 1.807) is 6.07 Å². The lowest BCUT2D eigenvalue weighted by Crippen LogP contribution is -2.11. The van der Waals surface area contributed by atoms with E-state index in [2.05, 4.69) is 26.2 Å². The molecule has 0 radical (unpaired) electrons. The molecule has 12 heavy (non-hydrogen) atoms. The molecule has 0 saturated heterocycles. The second-order valence-corrected chi connectivity index (χ2v) is 3.37. The predicted molar refractivity (Wildman–Crippen MR) is 49.5 cm³/mol. The van der Waals surface area contributed by atoms with Crippen molar-refractivity contribution < 1.29 is 4.39 Å². The Kier molecular flexibility index (Phi) is 3.62. The standard InChI is InChI=1S/C8H10BrFN2/c1-11-3-2-6-4-7(9)5-12-8(6)10/h4-5,11H,2-3H2,1H3. The molecule has 4 heteroatoms. The Bertz CT molecular complexity index is 265. The Hall–Kier alpha value is -0.480. The molecule has 0 atom stereocenters. The number of nitrogens with zero attached hydrogens (tertiary/aromatic N) is 1. The Morgan fingerprint density at radius 3 is 3.08 bits per heavy atom. The summed E-state index contributed by atoms with van der Waals surface area (Å²) in [6, 6.07) is 1.75. The summed E-state index contributed by atoms with van der Waals surface area (Å²) < 4.78 is 13.7. The number of pyridine rings is 1. The van der Waals surface area contributed by atoms with E-state index < -0.39 is 0 Å². The molecule has 0 fully saturated rings. The summed E-state index contributed by atoms with van der Waals surface area (Å²) in [5, 5.41) is 2.95. The number of halogens is 2. The van der Waals surface area contributed by atoms with E-state index in [1.807, 2.05) is 7.05 Å². The highest BCUT2D eigenvalue weighted by molar-refractivity contribution is 9.10. The largest absolute Gasteiger partial charge is 0.319 e. The Balaban J connectivity index is 2.75. The van der Waals surface area contributed by atoms with E-state index in [0.717, 1.165) is 11.0 Å². The number of aromatic nitrogens is 1. The van der Waals surface area contributed by atoms with Crippen LogP contribution in [0.25, 0.3) is 0 Å². The van der Waals surface area contributed by atoms with Gasteiger partial charge in [0.05, 0.1) is 0 Å². The van der Waals surface area contributed by atoms with Crippen LogP contribution in [0.1, 0.15) is 5.56 Å². The van der Waals surface area contributed by atoms with E-state index in [0.29, 0.717) is 12.0 Å². The summed E-state index contributed by atoms with van der Waals surface area (Å²) in [7, 11) is 1.84. The second kappa shape index (κ2) is 4.52. The maximum atomic E-state index is 12.9. The molecule has 0 aliphatic heterocycles. The van der Waals surface area contributed by atoms with Crippen molar-refractivity contribution in [2.24, 2.45) is 0 Å². The molecule has 0 spiro atoms. The number of rotatable bonds is 3. The number of hydrogen-bond acceptors (Lipinski definition) is 2. The van der Waals surface area contributed by atoms with Gasteiger partial charge in [0.15, 0.2) is 0 Å². The molecule has 0 aromatic carbocycles. The smallest absolute Gasteiger partial charge is 0.216 e. The van der Waals surface area contributed by atoms with Crippen LogP contribution in [0.3, 0.4) is 0 Å². The molecule has 1 aromatic heterocycles. The van der Waals surface area contributed by atoms with Crippen molar-refractivity contribution in [2.75, 3.05) is 13.6 Å². The minimum absolute atomic E-state index is 0.381. The van der Waals surface area contributed by atoms with Crippen molar-refractivity contribution in [3.63, 3.8) is 0 Å². The number of nitrogens with one attached hydrogen (secondary N) is 1. The molecule has 2 nitrogen and oxygen atoms in total. The summed E-state index contributed by atoms with van der Waals surface area (Å²) in [5.41, 5.74) is 0.638. The van der Waals surface area contributed by atoms with Crippen LogP contribution in [0.2, 0.25) is 0 Å². The Labute approximate surface area is 79.3 Å². The molecule has 1 aromatic rings. The van der Waals surface area contributed by atoms with E-state index in [4.69, 9.17) is 0 Å². The highest BCUT2D eigenvalue weighted by Crippen LogP contribution is 2.12. The summed E-state index contributed by atoms with van der Waals surface area (Å²) in [6.07, 6.45) is 2.12. The van der Waals surface area contributed by atoms with Gasteiger partial charge in [-0.2, -0.15) is 4.39 Å². The molecule has 1 heterocycles. The Morgan fingerprint density at radius 2 is 2.42 bits per heavy atom. The van der Waals surface area contributed by atoms with Gasteiger partial charge in [-0.15, -0.1) is 0 Å². The van der Waals surface area contributed by atoms with Crippen LogP contribution in [0.15, 0.2) is 16.7 Å². The molecule has 0 aliphatic rings. The molecular weight excluding hydrogens is 223 g/mol. The van der Waals surface area contributed by atoms with E-state index >= 15 is 0 Å². The topological polar surface area (TPSA) is 24.9 Å². The van der Waals surface area contributed by atoms with Gasteiger partial charge in [0.2, 0.25) is 5.95 Å². The molecule has 0 saturated carbocycles. The molecule has 0 unspecified atom stereocenters. The number of likely N-dealkylation sites (N-methyl/N-ethyl adjacent to an activating group) is 1. The molecule has 0 amide bonds. The van der Waals surface area contributed by atoms with Crippen LogP contribution in [0.4, 0.5) is 4.39 Å². The van der Waals surface area contributed by atoms with Gasteiger partial charge in [0.25, 0.3) is 0 Å². The molecule has 1 N–H and O–H groups in total. The van der Waals surface area contributed by atoms with Crippen molar-refractivity contribution in [2.45, 2.75) is 6.42 Å². The van der Waals surface area contributed by atoms with Crippen molar-refractivity contribution >= 4 is 15.9 Å². The Morgan fingerprint density at radius 1 is 1.67 bits per heavy atom. The van der Waals surface area contributed by atoms with Crippen molar-refractivity contribution in [1.82, 2.24) is 10.3 Å². The van der Waals surface area contributed by atoms with Crippen LogP contribution >= 0.6 is 15.9 Å². The molecule has 1 rings (SSSR count). The third kappa shape index (κ3) is 2.53. The predicted octanol–water partition coefficient (Wildman–Crippen LogP) is 1.75. The lowest BCUT2D eigenvalue weighted by molar-refractivity contribution is 0.562. The first kappa shape index (κ1) is 9.61. The van der Waals surface area contributed by atoms with Gasteiger partial charge in [0.1, 0.15) is 0 Å². The quantitative estimate of drug-likeness (QED) is 0.804. The maximum absolute atomic E-state index is 12.9. The van der Waals surface area contributed by atoms with Gasteiger partial charge in [0, 0.05) is 16.2 Å². The van der Waals surface area contributed by atoms with Crippen LogP contribution in [0.5, 0.6) is 0 Å². The highest BCUT2D eigenvalue weighted by atomic mass is 79.9. The highest BCUT2D eigenvalue weighted by Gasteiger charge is 2.02. The van der Waals surface area contributed by atoms with E-state index in [9.17, 15) is 4.39 Å². The monoisotopic (exact) mass is 232 g/mol. The van der Waals surface area contributed by atoms with Gasteiger partial charge in [-0.05, 0) is 42.0 Å². The van der Waals surface area contributed by atoms with Gasteiger partial charge >= 0.3 is 0 Å². The van der Waals surface area contributed by atoms with Crippen LogP contribution in [-0.4, -0.2) is 18.6 Å². The van der Waals surface area contributed by atoms with E-state index in [1.165, 1.54) is 6.20 Å². The fraction of sp³-hybridized carbons (Fsp3) is 0.375. The van der Waals surface area contributed by atoms with Gasteiger partial charge < -0.3 is 5.32 Å². The zero-order chi connectivity index (χ0) is 8.97. The first-order chi connectivity index (χ1) is 5.74. The summed E-state index contributed by atoms with van der Waals surface area (Å²) in [6.45, 7) is 0.759. The maximum Gasteiger partial charge on any atom is 0.216 e. The van der Waals surface area contributed by atoms with Crippen LogP contribution < -0.4 is 5.32 Å². The van der Waals surface area contributed by atoms with Crippen molar-refractivity contribution in [3.8, 4) is 0 Å². The lowest BCUT2D eigenvalue weighted by atomic mass is 10.2. The fourth-order valence-corrected chi connectivity index (χ4v) is 1.28. The molecular formula is C8H10BrFN2. The third-order valence-electron chi connectivity index (χ3n) is 1.52. The van der Waals surface area contributed by atoms with Crippen LogP contribution in [0, 0.1) is 5.95 Å². The summed E-state index contributed by atoms with van der Waals surface area (Å²) in [5.74, 6) is -0.381. The van der Waals surface area contributed by atoms with Gasteiger partial charge in [-0.1, -0.05) is 0 Å². The molecule has 0 bridgehead atoms. The van der Waals surface area contributed by atoms with Gasteiger partial charge in [-0.3, -0.25) is 0 Å². The first-order valence-corrected chi connectivity index (χ1v) is 4.48. The average Bonchev–Trinajstić information content (AvgIpc) is 2.07. The fourth-order valence-electron chi connectivity index (χ4n) is 0.899. The minimum Gasteiger partial charge on any atom is -0.319 e. The summed E-state index contributed by atoms with van der Waals surface area (Å²) in [4.78, 5) is 3.59. The number of hydrogen-bond donors (Lipinski definition) is 1. The van der Waals surface area contributed by atoms with Crippen molar-refractivity contribution in [3.05, 3.63) is 28.2 Å². The van der Waals surface area contributed by atoms with E-state index in [-0.39, 0.29) is 5.95 Å². The van der Waals surface area contributed by atoms with Crippen LogP contribution in [-0.2, 0) is 6.42 Å². The lowest BCUT2D eigenvalue weighted by Gasteiger charge is -2.01. The zero-order valence-corrected chi connectivity index (χ0v) is 8.36. The first-order valence-electron chi connectivity index (χ1n) is 3.68. The zero-order valence-electron chi connectivity index (χ0n) is 6.77. The average molecular weight is 233 g/mol. The normalized spacial score (nSPS) is 10.2. The SMILES string of the molecule is CNCCc1cc(Br)cnc1F. The minimum atomic E-state index is -0.381.